The van der Waals surface area contributed by atoms with Gasteiger partial charge in [-0.15, -0.1) is 0 Å². The molecule has 0 bridgehead atoms. The number of carbonyl (C=O) groups excluding carboxylic acids is 2. The Kier molecular flexibility index (Phi) is 4.57. The fourth-order valence-corrected chi connectivity index (χ4v) is 2.56. The number of carboxylic acid groups (broad SMARTS) is 1. The molecular weight excluding hydrogens is 272 g/mol. The van der Waals surface area contributed by atoms with Crippen molar-refractivity contribution in [2.24, 2.45) is 0 Å². The van der Waals surface area contributed by atoms with Gasteiger partial charge in [0.2, 0.25) is 5.91 Å². The minimum absolute atomic E-state index is 0.0642. The smallest absolute Gasteiger partial charge is 0.335 e. The molecule has 0 aliphatic carbocycles. The summed E-state index contributed by atoms with van der Waals surface area (Å²) in [5.74, 6) is -1.56. The number of benzene rings is 1. The lowest BCUT2D eigenvalue weighted by Gasteiger charge is -2.34. The van der Waals surface area contributed by atoms with Gasteiger partial charge in [-0.25, -0.2) is 4.79 Å². The number of likely N-dealkylation sites (N-methyl/N-ethyl adjacent to an activating group) is 1. The van der Waals surface area contributed by atoms with Crippen molar-refractivity contribution in [3.05, 3.63) is 35.4 Å². The van der Waals surface area contributed by atoms with Gasteiger partial charge in [0, 0.05) is 19.2 Å². The summed E-state index contributed by atoms with van der Waals surface area (Å²) >= 11 is 0. The lowest BCUT2D eigenvalue weighted by Crippen LogP contribution is -2.51. The molecule has 0 spiro atoms. The number of amides is 2. The molecule has 21 heavy (non-hydrogen) atoms. The molecule has 1 atom stereocenters. The first-order chi connectivity index (χ1) is 10.0. The maximum absolute atomic E-state index is 12.6. The Labute approximate surface area is 122 Å². The maximum atomic E-state index is 12.6. The molecule has 1 fully saturated rings. The molecular formula is C15H18N2O4. The second-order valence-corrected chi connectivity index (χ2v) is 5.01. The van der Waals surface area contributed by atoms with Gasteiger partial charge in [0.15, 0.2) is 0 Å². The van der Waals surface area contributed by atoms with E-state index in [0.717, 1.165) is 12.8 Å². The Bertz CT molecular complexity index is 571. The highest BCUT2D eigenvalue weighted by Gasteiger charge is 2.32. The number of carboxylic acids is 1. The third-order valence-corrected chi connectivity index (χ3v) is 3.67. The maximum Gasteiger partial charge on any atom is 0.335 e. The topological polar surface area (TPSA) is 86.7 Å². The van der Waals surface area contributed by atoms with Crippen LogP contribution in [0.4, 0.5) is 0 Å². The number of likely N-dealkylation sites (tertiary alicyclic amines) is 1. The summed E-state index contributed by atoms with van der Waals surface area (Å²) in [5.41, 5.74) is 0.361. The van der Waals surface area contributed by atoms with Crippen LogP contribution < -0.4 is 5.32 Å². The van der Waals surface area contributed by atoms with Crippen LogP contribution >= 0.6 is 0 Å². The minimum atomic E-state index is -1.08. The molecule has 1 heterocycles. The van der Waals surface area contributed by atoms with Crippen LogP contribution in [0.3, 0.4) is 0 Å². The number of rotatable bonds is 3. The van der Waals surface area contributed by atoms with Crippen molar-refractivity contribution >= 4 is 17.8 Å². The number of piperidine rings is 1. The van der Waals surface area contributed by atoms with Crippen molar-refractivity contribution in [1.29, 1.82) is 0 Å². The van der Waals surface area contributed by atoms with Gasteiger partial charge in [-0.2, -0.15) is 0 Å². The third-order valence-electron chi connectivity index (χ3n) is 3.67. The molecule has 6 nitrogen and oxygen atoms in total. The third kappa shape index (κ3) is 3.21. The summed E-state index contributed by atoms with van der Waals surface area (Å²) < 4.78 is 0. The Morgan fingerprint density at radius 3 is 2.62 bits per heavy atom. The predicted octanol–water partition coefficient (Wildman–Crippen LogP) is 1.13. The van der Waals surface area contributed by atoms with Gasteiger partial charge >= 0.3 is 5.97 Å². The molecule has 2 amide bonds. The average molecular weight is 290 g/mol. The number of nitrogens with one attached hydrogen (secondary N) is 1. The first-order valence-electron chi connectivity index (χ1n) is 6.90. The Hall–Kier alpha value is -2.37. The largest absolute Gasteiger partial charge is 0.478 e. The fraction of sp³-hybridized carbons (Fsp3) is 0.400. The van der Waals surface area contributed by atoms with E-state index < -0.39 is 12.0 Å². The summed E-state index contributed by atoms with van der Waals surface area (Å²) in [5, 5.41) is 11.6. The Morgan fingerprint density at radius 1 is 1.24 bits per heavy atom. The molecule has 1 aromatic rings. The van der Waals surface area contributed by atoms with E-state index in [9.17, 15) is 14.4 Å². The highest BCUT2D eigenvalue weighted by atomic mass is 16.4. The second-order valence-electron chi connectivity index (χ2n) is 5.01. The van der Waals surface area contributed by atoms with Crippen molar-refractivity contribution in [3.63, 3.8) is 0 Å². The van der Waals surface area contributed by atoms with E-state index in [1.54, 1.807) is 13.1 Å². The van der Waals surface area contributed by atoms with E-state index in [1.165, 1.54) is 23.1 Å². The molecule has 1 aliphatic rings. The van der Waals surface area contributed by atoms with Crippen molar-refractivity contribution in [1.82, 2.24) is 10.2 Å². The molecule has 0 unspecified atom stereocenters. The van der Waals surface area contributed by atoms with Crippen LogP contribution in [-0.2, 0) is 4.79 Å². The van der Waals surface area contributed by atoms with Gasteiger partial charge in [-0.3, -0.25) is 9.59 Å². The molecule has 2 rings (SSSR count). The predicted molar refractivity (Wildman–Crippen MR) is 76.1 cm³/mol. The quantitative estimate of drug-likeness (QED) is 0.873. The zero-order valence-electron chi connectivity index (χ0n) is 11.8. The summed E-state index contributed by atoms with van der Waals surface area (Å²) in [6.07, 6.45) is 2.37. The molecule has 1 aliphatic heterocycles. The first-order valence-corrected chi connectivity index (χ1v) is 6.90. The monoisotopic (exact) mass is 290 g/mol. The van der Waals surface area contributed by atoms with Gasteiger partial charge in [0.25, 0.3) is 5.91 Å². The lowest BCUT2D eigenvalue weighted by molar-refractivity contribution is -0.126. The molecule has 6 heteroatoms. The Morgan fingerprint density at radius 2 is 1.95 bits per heavy atom. The molecule has 0 saturated carbocycles. The molecule has 0 radical (unpaired) electrons. The zero-order valence-corrected chi connectivity index (χ0v) is 11.8. The SMILES string of the molecule is CNC(=O)[C@@H]1CCCCN1C(=O)c1cccc(C(=O)O)c1. The number of carbonyl (C=O) groups is 3. The summed E-state index contributed by atoms with van der Waals surface area (Å²) in [7, 11) is 1.55. The van der Waals surface area contributed by atoms with Gasteiger partial charge < -0.3 is 15.3 Å². The molecule has 0 aromatic heterocycles. The van der Waals surface area contributed by atoms with Gasteiger partial charge in [-0.05, 0) is 37.5 Å². The van der Waals surface area contributed by atoms with E-state index in [2.05, 4.69) is 5.32 Å². The lowest BCUT2D eigenvalue weighted by atomic mass is 9.99. The highest BCUT2D eigenvalue weighted by Crippen LogP contribution is 2.20. The molecule has 2 N–H and O–H groups in total. The van der Waals surface area contributed by atoms with E-state index >= 15 is 0 Å². The van der Waals surface area contributed by atoms with Crippen molar-refractivity contribution in [2.75, 3.05) is 13.6 Å². The van der Waals surface area contributed by atoms with E-state index in [4.69, 9.17) is 5.11 Å². The normalized spacial score (nSPS) is 18.1. The first kappa shape index (κ1) is 15.0. The van der Waals surface area contributed by atoms with Crippen molar-refractivity contribution < 1.29 is 19.5 Å². The van der Waals surface area contributed by atoms with Crippen LogP contribution in [0.25, 0.3) is 0 Å². The fourth-order valence-electron chi connectivity index (χ4n) is 2.56. The average Bonchev–Trinajstić information content (AvgIpc) is 2.53. The Balaban J connectivity index is 2.26. The zero-order chi connectivity index (χ0) is 15.4. The van der Waals surface area contributed by atoms with Gasteiger partial charge in [0.1, 0.15) is 6.04 Å². The van der Waals surface area contributed by atoms with Crippen molar-refractivity contribution in [2.45, 2.75) is 25.3 Å². The second kappa shape index (κ2) is 6.39. The number of hydrogen-bond acceptors (Lipinski definition) is 3. The summed E-state index contributed by atoms with van der Waals surface area (Å²) in [6, 6.07) is 5.41. The minimum Gasteiger partial charge on any atom is -0.478 e. The summed E-state index contributed by atoms with van der Waals surface area (Å²) in [4.78, 5) is 37.0. The summed E-state index contributed by atoms with van der Waals surface area (Å²) in [6.45, 7) is 0.508. The van der Waals surface area contributed by atoms with Crippen LogP contribution in [-0.4, -0.2) is 47.4 Å². The van der Waals surface area contributed by atoms with Crippen LogP contribution in [0.2, 0.25) is 0 Å². The number of aromatic carboxylic acids is 1. The van der Waals surface area contributed by atoms with E-state index in [0.29, 0.717) is 18.5 Å². The van der Waals surface area contributed by atoms with Crippen LogP contribution in [0.15, 0.2) is 24.3 Å². The van der Waals surface area contributed by atoms with Crippen LogP contribution in [0, 0.1) is 0 Å². The van der Waals surface area contributed by atoms with Crippen LogP contribution in [0.1, 0.15) is 40.0 Å². The van der Waals surface area contributed by atoms with Crippen molar-refractivity contribution in [3.8, 4) is 0 Å². The van der Waals surface area contributed by atoms with E-state index in [1.807, 2.05) is 0 Å². The molecule has 112 valence electrons. The van der Waals surface area contributed by atoms with E-state index in [-0.39, 0.29) is 17.4 Å². The van der Waals surface area contributed by atoms with Crippen LogP contribution in [0.5, 0.6) is 0 Å². The standard InChI is InChI=1S/C15H18N2O4/c1-16-13(18)12-7-2-3-8-17(12)14(19)10-5-4-6-11(9-10)15(20)21/h4-6,9,12H,2-3,7-8H2,1H3,(H,16,18)(H,20,21)/t12-/m0/s1. The number of nitrogens with zero attached hydrogens (tertiary/aromatic N) is 1. The number of hydrogen-bond donors (Lipinski definition) is 2. The molecule has 1 saturated heterocycles. The highest BCUT2D eigenvalue weighted by molar-refractivity contribution is 5.99. The van der Waals surface area contributed by atoms with Gasteiger partial charge in [0.05, 0.1) is 5.56 Å². The molecule has 1 aromatic carbocycles. The van der Waals surface area contributed by atoms with Gasteiger partial charge in [-0.1, -0.05) is 6.07 Å².